The van der Waals surface area contributed by atoms with Crippen LogP contribution >= 0.6 is 11.3 Å². The summed E-state index contributed by atoms with van der Waals surface area (Å²) in [5.41, 5.74) is 1.13. The standard InChI is InChI=1S/C12H14F3NOS/c13-12(14,15)11-16-7-10(18-11)9(17)6-8-4-2-1-3-5-8/h4,7,9,17H,1-3,5-6H2. The van der Waals surface area contributed by atoms with E-state index in [1.165, 1.54) is 0 Å². The Kier molecular flexibility index (Phi) is 4.07. The number of allylic oxidation sites excluding steroid dienone is 1. The second-order valence-corrected chi connectivity index (χ2v) is 5.46. The Hall–Kier alpha value is -0.880. The van der Waals surface area contributed by atoms with Crippen molar-refractivity contribution in [1.82, 2.24) is 4.98 Å². The minimum absolute atomic E-state index is 0.286. The van der Waals surface area contributed by atoms with Crippen molar-refractivity contribution in [3.05, 3.63) is 27.7 Å². The lowest BCUT2D eigenvalue weighted by atomic mass is 9.95. The Balaban J connectivity index is 2.02. The predicted octanol–water partition coefficient (Wildman–Crippen LogP) is 4.09. The highest BCUT2D eigenvalue weighted by Gasteiger charge is 2.35. The SMILES string of the molecule is OC(CC1=CCCCC1)c1cnc(C(F)(F)F)s1. The molecule has 0 radical (unpaired) electrons. The highest BCUT2D eigenvalue weighted by Crippen LogP contribution is 2.36. The zero-order chi connectivity index (χ0) is 13.2. The lowest BCUT2D eigenvalue weighted by Gasteiger charge is -2.15. The molecule has 1 atom stereocenters. The van der Waals surface area contributed by atoms with Gasteiger partial charge in [0.05, 0.1) is 11.0 Å². The molecule has 6 heteroatoms. The van der Waals surface area contributed by atoms with E-state index >= 15 is 0 Å². The van der Waals surface area contributed by atoms with E-state index in [-0.39, 0.29) is 4.88 Å². The molecule has 0 amide bonds. The number of alkyl halides is 3. The average Bonchev–Trinajstić information content (AvgIpc) is 2.79. The number of nitrogens with zero attached hydrogens (tertiary/aromatic N) is 1. The Morgan fingerprint density at radius 1 is 1.39 bits per heavy atom. The lowest BCUT2D eigenvalue weighted by Crippen LogP contribution is -2.03. The van der Waals surface area contributed by atoms with Crippen molar-refractivity contribution in [2.24, 2.45) is 0 Å². The first kappa shape index (κ1) is 13.5. The van der Waals surface area contributed by atoms with Gasteiger partial charge in [0.15, 0.2) is 5.01 Å². The van der Waals surface area contributed by atoms with Crippen LogP contribution in [0.25, 0.3) is 0 Å². The van der Waals surface area contributed by atoms with Crippen molar-refractivity contribution in [1.29, 1.82) is 0 Å². The number of aliphatic hydroxyl groups excluding tert-OH is 1. The molecule has 0 saturated heterocycles. The van der Waals surface area contributed by atoms with Gasteiger partial charge in [0.25, 0.3) is 0 Å². The fourth-order valence-corrected chi connectivity index (χ4v) is 2.78. The van der Waals surface area contributed by atoms with Gasteiger partial charge in [-0.3, -0.25) is 0 Å². The van der Waals surface area contributed by atoms with Gasteiger partial charge in [-0.05, 0) is 32.1 Å². The van der Waals surface area contributed by atoms with Crippen molar-refractivity contribution < 1.29 is 18.3 Å². The van der Waals surface area contributed by atoms with Gasteiger partial charge >= 0.3 is 6.18 Å². The molecule has 1 unspecified atom stereocenters. The van der Waals surface area contributed by atoms with Crippen LogP contribution in [0.3, 0.4) is 0 Å². The lowest BCUT2D eigenvalue weighted by molar-refractivity contribution is -0.137. The number of hydrogen-bond acceptors (Lipinski definition) is 3. The van der Waals surface area contributed by atoms with Gasteiger partial charge in [-0.2, -0.15) is 13.2 Å². The summed E-state index contributed by atoms with van der Waals surface area (Å²) in [5.74, 6) is 0. The summed E-state index contributed by atoms with van der Waals surface area (Å²) in [5, 5.41) is 9.02. The van der Waals surface area contributed by atoms with E-state index in [0.29, 0.717) is 17.8 Å². The molecule has 1 aliphatic rings. The fourth-order valence-electron chi connectivity index (χ4n) is 2.01. The second-order valence-electron chi connectivity index (χ2n) is 4.39. The van der Waals surface area contributed by atoms with Gasteiger partial charge < -0.3 is 5.11 Å². The Morgan fingerprint density at radius 2 is 2.17 bits per heavy atom. The third-order valence-corrected chi connectivity index (χ3v) is 4.08. The largest absolute Gasteiger partial charge is 0.443 e. The molecule has 100 valence electrons. The van der Waals surface area contributed by atoms with Crippen LogP contribution in [0, 0.1) is 0 Å². The van der Waals surface area contributed by atoms with Crippen LogP contribution in [0.2, 0.25) is 0 Å². The number of hydrogen-bond donors (Lipinski definition) is 1. The molecule has 0 aromatic carbocycles. The highest BCUT2D eigenvalue weighted by molar-refractivity contribution is 7.11. The van der Waals surface area contributed by atoms with E-state index in [9.17, 15) is 18.3 Å². The smallest absolute Gasteiger partial charge is 0.387 e. The first-order valence-corrected chi connectivity index (χ1v) is 6.67. The minimum Gasteiger partial charge on any atom is -0.387 e. The summed E-state index contributed by atoms with van der Waals surface area (Å²) in [6.45, 7) is 0. The second kappa shape index (κ2) is 5.40. The number of aliphatic hydroxyl groups is 1. The summed E-state index contributed by atoms with van der Waals surface area (Å²) in [4.78, 5) is 3.60. The first-order chi connectivity index (χ1) is 8.47. The Bertz CT molecular complexity index is 439. The molecule has 2 rings (SSSR count). The van der Waals surface area contributed by atoms with Crippen LogP contribution in [-0.2, 0) is 6.18 Å². The molecule has 18 heavy (non-hydrogen) atoms. The van der Waals surface area contributed by atoms with Gasteiger partial charge in [0.1, 0.15) is 0 Å². The molecule has 1 aromatic heterocycles. The molecule has 1 aromatic rings. The van der Waals surface area contributed by atoms with Gasteiger partial charge in [-0.15, -0.1) is 11.3 Å². The van der Waals surface area contributed by atoms with Crippen LogP contribution < -0.4 is 0 Å². The maximum Gasteiger partial charge on any atom is 0.443 e. The Labute approximate surface area is 107 Å². The summed E-state index contributed by atoms with van der Waals surface area (Å²) < 4.78 is 37.1. The van der Waals surface area contributed by atoms with Crippen molar-refractivity contribution in [3.63, 3.8) is 0 Å². The van der Waals surface area contributed by atoms with E-state index in [2.05, 4.69) is 11.1 Å². The molecule has 0 aliphatic heterocycles. The van der Waals surface area contributed by atoms with E-state index < -0.39 is 17.3 Å². The van der Waals surface area contributed by atoms with Crippen LogP contribution in [0.15, 0.2) is 17.8 Å². The van der Waals surface area contributed by atoms with Gasteiger partial charge in [-0.1, -0.05) is 11.6 Å². The summed E-state index contributed by atoms with van der Waals surface area (Å²) >= 11 is 0.523. The molecule has 0 bridgehead atoms. The van der Waals surface area contributed by atoms with E-state index in [1.54, 1.807) is 0 Å². The zero-order valence-electron chi connectivity index (χ0n) is 9.70. The molecule has 1 heterocycles. The molecule has 0 fully saturated rings. The zero-order valence-corrected chi connectivity index (χ0v) is 10.5. The number of aromatic nitrogens is 1. The van der Waals surface area contributed by atoms with Crippen LogP contribution in [0.4, 0.5) is 13.2 Å². The molecular weight excluding hydrogens is 263 g/mol. The molecule has 2 nitrogen and oxygen atoms in total. The van der Waals surface area contributed by atoms with E-state index in [1.807, 2.05) is 0 Å². The summed E-state index contributed by atoms with van der Waals surface area (Å²) in [6.07, 6.45) is 2.50. The van der Waals surface area contributed by atoms with Crippen molar-refractivity contribution in [2.75, 3.05) is 0 Å². The molecule has 0 spiro atoms. The van der Waals surface area contributed by atoms with Crippen molar-refractivity contribution in [2.45, 2.75) is 44.4 Å². The topological polar surface area (TPSA) is 33.1 Å². The van der Waals surface area contributed by atoms with E-state index in [4.69, 9.17) is 0 Å². The molecular formula is C12H14F3NOS. The van der Waals surface area contributed by atoms with Gasteiger partial charge in [0.2, 0.25) is 0 Å². The fraction of sp³-hybridized carbons (Fsp3) is 0.583. The number of halogens is 3. The quantitative estimate of drug-likeness (QED) is 0.844. The first-order valence-electron chi connectivity index (χ1n) is 5.85. The highest BCUT2D eigenvalue weighted by atomic mass is 32.1. The predicted molar refractivity (Wildman–Crippen MR) is 63.2 cm³/mol. The summed E-state index contributed by atoms with van der Waals surface area (Å²) in [7, 11) is 0. The molecule has 1 aliphatic carbocycles. The van der Waals surface area contributed by atoms with Gasteiger partial charge in [-0.25, -0.2) is 4.98 Å². The molecule has 1 N–H and O–H groups in total. The van der Waals surface area contributed by atoms with Crippen LogP contribution in [0.1, 0.15) is 48.1 Å². The molecule has 0 saturated carbocycles. The third-order valence-electron chi connectivity index (χ3n) is 2.94. The monoisotopic (exact) mass is 277 g/mol. The number of rotatable bonds is 3. The minimum atomic E-state index is -4.42. The third kappa shape index (κ3) is 3.32. The maximum atomic E-state index is 12.4. The Morgan fingerprint density at radius 3 is 2.72 bits per heavy atom. The normalized spacial score (nSPS) is 18.6. The average molecular weight is 277 g/mol. The number of thiazole rings is 1. The van der Waals surface area contributed by atoms with Gasteiger partial charge in [0, 0.05) is 6.20 Å². The van der Waals surface area contributed by atoms with E-state index in [0.717, 1.165) is 37.5 Å². The summed E-state index contributed by atoms with van der Waals surface area (Å²) in [6, 6.07) is 0. The van der Waals surface area contributed by atoms with Crippen LogP contribution in [0.5, 0.6) is 0 Å². The maximum absolute atomic E-state index is 12.4. The van der Waals surface area contributed by atoms with Crippen molar-refractivity contribution in [3.8, 4) is 0 Å². The van der Waals surface area contributed by atoms with Crippen LogP contribution in [-0.4, -0.2) is 10.1 Å². The van der Waals surface area contributed by atoms with Crippen molar-refractivity contribution >= 4 is 11.3 Å².